The van der Waals surface area contributed by atoms with Crippen LogP contribution in [0.1, 0.15) is 62.3 Å². The predicted molar refractivity (Wildman–Crippen MR) is 141 cm³/mol. The molecule has 1 saturated carbocycles. The van der Waals surface area contributed by atoms with Gasteiger partial charge in [-0.2, -0.15) is 5.10 Å². The van der Waals surface area contributed by atoms with Crippen LogP contribution in [0.25, 0.3) is 27.5 Å². The van der Waals surface area contributed by atoms with Gasteiger partial charge in [0.1, 0.15) is 5.82 Å². The number of nitrogens with one attached hydrogen (secondary N) is 1. The molecule has 2 aromatic heterocycles. The highest BCUT2D eigenvalue weighted by Crippen LogP contribution is 2.48. The highest BCUT2D eigenvalue weighted by Gasteiger charge is 2.44. The van der Waals surface area contributed by atoms with Crippen LogP contribution < -0.4 is 0 Å². The second-order valence-corrected chi connectivity index (χ2v) is 11.0. The van der Waals surface area contributed by atoms with E-state index in [0.29, 0.717) is 37.9 Å². The molecule has 37 heavy (non-hydrogen) atoms. The molecule has 0 amide bonds. The smallest absolute Gasteiger partial charge is 0.335 e. The summed E-state index contributed by atoms with van der Waals surface area (Å²) >= 11 is 0. The van der Waals surface area contributed by atoms with E-state index >= 15 is 0 Å². The number of hydrogen-bond donors (Lipinski definition) is 2. The van der Waals surface area contributed by atoms with Crippen molar-refractivity contribution in [1.29, 1.82) is 0 Å². The molecule has 196 valence electrons. The van der Waals surface area contributed by atoms with Gasteiger partial charge in [-0.25, -0.2) is 9.18 Å². The van der Waals surface area contributed by atoms with Gasteiger partial charge in [0, 0.05) is 41.8 Å². The van der Waals surface area contributed by atoms with Gasteiger partial charge in [-0.1, -0.05) is 13.8 Å². The number of carboxylic acids is 1. The maximum atomic E-state index is 14.3. The number of nitrogens with zero attached hydrogens (tertiary/aromatic N) is 2. The second kappa shape index (κ2) is 9.26. The summed E-state index contributed by atoms with van der Waals surface area (Å²) in [6, 6.07) is 9.48. The number of aromatic amines is 1. The summed E-state index contributed by atoms with van der Waals surface area (Å²) in [5.41, 5.74) is 4.14. The van der Waals surface area contributed by atoms with Crippen LogP contribution in [0.4, 0.5) is 4.39 Å². The van der Waals surface area contributed by atoms with Crippen LogP contribution in [0.5, 0.6) is 0 Å². The highest BCUT2D eigenvalue weighted by atomic mass is 19.1. The fourth-order valence-corrected chi connectivity index (χ4v) is 6.17. The Morgan fingerprint density at radius 2 is 1.97 bits per heavy atom. The molecule has 0 aliphatic heterocycles. The molecule has 1 aliphatic rings. The number of aliphatic carboxylic acids is 1. The van der Waals surface area contributed by atoms with E-state index in [9.17, 15) is 14.3 Å². The molecule has 7 nitrogen and oxygen atoms in total. The van der Waals surface area contributed by atoms with E-state index < -0.39 is 11.6 Å². The summed E-state index contributed by atoms with van der Waals surface area (Å²) in [5.74, 6) is -1.02. The lowest BCUT2D eigenvalue weighted by Gasteiger charge is -2.37. The molecule has 4 aromatic rings. The lowest BCUT2D eigenvalue weighted by Crippen LogP contribution is -2.43. The Morgan fingerprint density at radius 1 is 1.24 bits per heavy atom. The van der Waals surface area contributed by atoms with Crippen molar-refractivity contribution in [3.8, 4) is 5.69 Å². The van der Waals surface area contributed by atoms with Crippen molar-refractivity contribution in [2.75, 3.05) is 20.8 Å². The van der Waals surface area contributed by atoms with Gasteiger partial charge in [0.25, 0.3) is 0 Å². The molecule has 5 rings (SSSR count). The SMILES string of the molecule is COCC(C)(C)c1c([C@H]2CC[C@](OC)(C(=O)O)CC2)c2cc3[nH]ncc3cc2n1-c1ccc(F)c(C)c1. The number of H-pyrrole nitrogens is 1. The van der Waals surface area contributed by atoms with Crippen LogP contribution in [-0.2, 0) is 19.7 Å². The maximum absolute atomic E-state index is 14.3. The van der Waals surface area contributed by atoms with Crippen LogP contribution in [0.2, 0.25) is 0 Å². The van der Waals surface area contributed by atoms with E-state index in [1.807, 2.05) is 18.3 Å². The molecule has 0 radical (unpaired) electrons. The second-order valence-electron chi connectivity index (χ2n) is 11.0. The normalized spacial score (nSPS) is 20.6. The van der Waals surface area contributed by atoms with Gasteiger partial charge in [-0.15, -0.1) is 0 Å². The van der Waals surface area contributed by atoms with E-state index in [4.69, 9.17) is 9.47 Å². The van der Waals surface area contributed by atoms with E-state index in [-0.39, 0.29) is 17.2 Å². The number of aromatic nitrogens is 3. The van der Waals surface area contributed by atoms with Crippen molar-refractivity contribution < 1.29 is 23.8 Å². The minimum Gasteiger partial charge on any atom is -0.479 e. The highest BCUT2D eigenvalue weighted by molar-refractivity contribution is 5.99. The van der Waals surface area contributed by atoms with Gasteiger partial charge < -0.3 is 19.1 Å². The fraction of sp³-hybridized carbons (Fsp3) is 0.448. The zero-order chi connectivity index (χ0) is 26.5. The van der Waals surface area contributed by atoms with Gasteiger partial charge in [-0.3, -0.25) is 5.10 Å². The minimum absolute atomic E-state index is 0.124. The average molecular weight is 508 g/mol. The number of rotatable bonds is 7. The number of halogens is 1. The number of methoxy groups -OCH3 is 2. The van der Waals surface area contributed by atoms with Crippen molar-refractivity contribution in [2.45, 2.75) is 63.4 Å². The molecule has 1 fully saturated rings. The first kappa shape index (κ1) is 25.4. The Morgan fingerprint density at radius 3 is 2.59 bits per heavy atom. The maximum Gasteiger partial charge on any atom is 0.335 e. The molecular formula is C29H34FN3O4. The number of fused-ring (bicyclic) bond motifs is 2. The number of hydrogen-bond acceptors (Lipinski definition) is 4. The minimum atomic E-state index is -1.15. The van der Waals surface area contributed by atoms with Crippen LogP contribution >= 0.6 is 0 Å². The summed E-state index contributed by atoms with van der Waals surface area (Å²) in [5, 5.41) is 19.3. The first-order chi connectivity index (χ1) is 17.6. The Balaban J connectivity index is 1.81. The average Bonchev–Trinajstić information content (AvgIpc) is 3.46. The molecule has 1 aliphatic carbocycles. The summed E-state index contributed by atoms with van der Waals surface area (Å²) in [7, 11) is 3.19. The van der Waals surface area contributed by atoms with Gasteiger partial charge >= 0.3 is 5.97 Å². The van der Waals surface area contributed by atoms with Crippen LogP contribution in [-0.4, -0.2) is 52.3 Å². The van der Waals surface area contributed by atoms with Gasteiger partial charge in [0.2, 0.25) is 0 Å². The molecule has 2 aromatic carbocycles. The molecule has 2 heterocycles. The molecule has 2 N–H and O–H groups in total. The predicted octanol–water partition coefficient (Wildman–Crippen LogP) is 6.01. The van der Waals surface area contributed by atoms with Crippen LogP contribution in [0.15, 0.2) is 36.5 Å². The number of ether oxygens (including phenoxy) is 2. The van der Waals surface area contributed by atoms with E-state index in [2.05, 4.69) is 40.7 Å². The molecule has 0 spiro atoms. The summed E-state index contributed by atoms with van der Waals surface area (Å²) in [6.07, 6.45) is 4.03. The summed E-state index contributed by atoms with van der Waals surface area (Å²) in [6.45, 7) is 6.58. The van der Waals surface area contributed by atoms with Crippen molar-refractivity contribution >= 4 is 27.8 Å². The van der Waals surface area contributed by atoms with E-state index in [0.717, 1.165) is 33.2 Å². The number of carboxylic acid groups (broad SMARTS) is 1. The Bertz CT molecular complexity index is 1480. The lowest BCUT2D eigenvalue weighted by atomic mass is 9.73. The van der Waals surface area contributed by atoms with Gasteiger partial charge in [0.15, 0.2) is 5.60 Å². The first-order valence-electron chi connectivity index (χ1n) is 12.7. The largest absolute Gasteiger partial charge is 0.479 e. The zero-order valence-electron chi connectivity index (χ0n) is 22.0. The van der Waals surface area contributed by atoms with Crippen molar-refractivity contribution in [3.63, 3.8) is 0 Å². The summed E-state index contributed by atoms with van der Waals surface area (Å²) in [4.78, 5) is 12.1. The van der Waals surface area contributed by atoms with E-state index in [1.165, 1.54) is 18.7 Å². The fourth-order valence-electron chi connectivity index (χ4n) is 6.17. The number of aryl methyl sites for hydroxylation is 1. The quantitative estimate of drug-likeness (QED) is 0.320. The molecule has 0 unspecified atom stereocenters. The van der Waals surface area contributed by atoms with Crippen molar-refractivity contribution in [3.05, 3.63) is 59.2 Å². The van der Waals surface area contributed by atoms with E-state index in [1.54, 1.807) is 14.0 Å². The molecule has 0 bridgehead atoms. The standard InChI is InChI=1S/C29H34FN3O4/c1-17-12-20(6-7-22(17)30)33-24-13-19-15-31-32-23(19)14-21(24)25(26(33)28(2,3)16-36-4)18-8-10-29(37-5,11-9-18)27(34)35/h6-7,12-15,18H,8-11,16H2,1-5H3,(H,31,32)(H,34,35)/t18-,29+. The third-order valence-electron chi connectivity index (χ3n) is 8.09. The Hall–Kier alpha value is -3.23. The number of benzene rings is 2. The topological polar surface area (TPSA) is 89.4 Å². The third-order valence-corrected chi connectivity index (χ3v) is 8.09. The monoisotopic (exact) mass is 507 g/mol. The molecule has 8 heteroatoms. The zero-order valence-corrected chi connectivity index (χ0v) is 22.0. The van der Waals surface area contributed by atoms with Crippen LogP contribution in [0, 0.1) is 12.7 Å². The molecule has 0 atom stereocenters. The van der Waals surface area contributed by atoms with Gasteiger partial charge in [0.05, 0.1) is 23.8 Å². The van der Waals surface area contributed by atoms with Crippen molar-refractivity contribution in [1.82, 2.24) is 14.8 Å². The van der Waals surface area contributed by atoms with Crippen LogP contribution in [0.3, 0.4) is 0 Å². The Labute approximate surface area is 215 Å². The third kappa shape index (κ3) is 4.12. The molecule has 0 saturated heterocycles. The lowest BCUT2D eigenvalue weighted by molar-refractivity contribution is -0.166. The van der Waals surface area contributed by atoms with Gasteiger partial charge in [-0.05, 0) is 80.0 Å². The summed E-state index contributed by atoms with van der Waals surface area (Å²) < 4.78 is 27.8. The molecular weight excluding hydrogens is 473 g/mol. The van der Waals surface area contributed by atoms with Crippen molar-refractivity contribution in [2.24, 2.45) is 0 Å². The Kier molecular flexibility index (Phi) is 6.36. The number of carbonyl (C=O) groups is 1. The first-order valence-corrected chi connectivity index (χ1v) is 12.7.